The Morgan fingerprint density at radius 1 is 1.30 bits per heavy atom. The first kappa shape index (κ1) is 15.9. The molecule has 0 bridgehead atoms. The number of amides is 1. The lowest BCUT2D eigenvalue weighted by atomic mass is 10.1. The van der Waals surface area contributed by atoms with E-state index in [1.807, 2.05) is 19.0 Å². The predicted octanol–water partition coefficient (Wildman–Crippen LogP) is 0.354. The Balaban J connectivity index is 1.77. The largest absolute Gasteiger partial charge is 0.381 e. The highest BCUT2D eigenvalue weighted by Gasteiger charge is 2.25. The van der Waals surface area contributed by atoms with Gasteiger partial charge in [0.1, 0.15) is 5.69 Å². The molecule has 0 aliphatic carbocycles. The summed E-state index contributed by atoms with van der Waals surface area (Å²) in [5, 5.41) is 2.94. The summed E-state index contributed by atoms with van der Waals surface area (Å²) in [4.78, 5) is 25.3. The van der Waals surface area contributed by atoms with Gasteiger partial charge in [-0.1, -0.05) is 0 Å². The summed E-state index contributed by atoms with van der Waals surface area (Å²) < 4.78 is 10.6. The molecular weight excluding hydrogens is 298 g/mol. The maximum Gasteiger partial charge on any atom is 0.230 e. The number of nitrogens with one attached hydrogen (secondary N) is 1. The molecule has 1 aromatic rings. The Morgan fingerprint density at radius 3 is 2.74 bits per heavy atom. The van der Waals surface area contributed by atoms with E-state index in [9.17, 15) is 4.79 Å². The molecule has 1 amide bonds. The number of rotatable bonds is 4. The zero-order valence-electron chi connectivity index (χ0n) is 13.6. The standard InChI is InChI=1S/C15H23N5O3/c1-19(2)13-12(17-14(21)11-3-6-23-10-11)9-16-15(18-13)20-4-7-22-8-5-20/h9,11H,3-8,10H2,1-2H3,(H,17,21). The van der Waals surface area contributed by atoms with Crippen molar-refractivity contribution in [2.24, 2.45) is 5.92 Å². The van der Waals surface area contributed by atoms with Gasteiger partial charge in [-0.2, -0.15) is 4.98 Å². The highest BCUT2D eigenvalue weighted by atomic mass is 16.5. The third kappa shape index (κ3) is 3.70. The van der Waals surface area contributed by atoms with Crippen molar-refractivity contribution < 1.29 is 14.3 Å². The molecule has 0 aromatic carbocycles. The molecule has 1 aromatic heterocycles. The van der Waals surface area contributed by atoms with Crippen LogP contribution in [-0.4, -0.2) is 69.5 Å². The summed E-state index contributed by atoms with van der Waals surface area (Å²) in [5.41, 5.74) is 0.629. The molecule has 0 radical (unpaired) electrons. The van der Waals surface area contributed by atoms with E-state index >= 15 is 0 Å². The molecule has 3 heterocycles. The topological polar surface area (TPSA) is 79.8 Å². The predicted molar refractivity (Wildman–Crippen MR) is 86.9 cm³/mol. The van der Waals surface area contributed by atoms with Crippen molar-refractivity contribution in [1.29, 1.82) is 0 Å². The zero-order valence-corrected chi connectivity index (χ0v) is 13.6. The second-order valence-corrected chi connectivity index (χ2v) is 5.95. The first-order chi connectivity index (χ1) is 11.1. The minimum absolute atomic E-state index is 0.0340. The van der Waals surface area contributed by atoms with E-state index < -0.39 is 0 Å². The number of ether oxygens (including phenoxy) is 2. The van der Waals surface area contributed by atoms with Crippen molar-refractivity contribution in [3.05, 3.63) is 6.20 Å². The number of hydrogen-bond donors (Lipinski definition) is 1. The van der Waals surface area contributed by atoms with Gasteiger partial charge in [0.15, 0.2) is 5.82 Å². The Morgan fingerprint density at radius 2 is 2.09 bits per heavy atom. The molecule has 1 N–H and O–H groups in total. The van der Waals surface area contributed by atoms with Gasteiger partial charge in [-0.15, -0.1) is 0 Å². The summed E-state index contributed by atoms with van der Waals surface area (Å²) in [6.45, 7) is 4.04. The summed E-state index contributed by atoms with van der Waals surface area (Å²) in [6.07, 6.45) is 2.44. The monoisotopic (exact) mass is 321 g/mol. The number of anilines is 3. The molecule has 2 aliphatic rings. The molecule has 0 spiro atoms. The number of morpholine rings is 1. The van der Waals surface area contributed by atoms with Gasteiger partial charge >= 0.3 is 0 Å². The lowest BCUT2D eigenvalue weighted by Gasteiger charge is -2.28. The van der Waals surface area contributed by atoms with E-state index in [4.69, 9.17) is 9.47 Å². The second kappa shape index (κ2) is 7.10. The first-order valence-corrected chi connectivity index (χ1v) is 7.91. The number of nitrogens with zero attached hydrogens (tertiary/aromatic N) is 4. The fourth-order valence-electron chi connectivity index (χ4n) is 2.68. The van der Waals surface area contributed by atoms with Gasteiger partial charge in [-0.25, -0.2) is 4.98 Å². The van der Waals surface area contributed by atoms with Gasteiger partial charge in [-0.05, 0) is 6.42 Å². The van der Waals surface area contributed by atoms with Crippen LogP contribution in [0.4, 0.5) is 17.5 Å². The molecule has 3 rings (SSSR count). The van der Waals surface area contributed by atoms with Crippen molar-refractivity contribution in [1.82, 2.24) is 9.97 Å². The Kier molecular flexibility index (Phi) is 4.92. The molecule has 1 unspecified atom stereocenters. The molecule has 2 fully saturated rings. The minimum atomic E-state index is -0.0936. The smallest absolute Gasteiger partial charge is 0.230 e. The van der Waals surface area contributed by atoms with Gasteiger partial charge in [0.2, 0.25) is 11.9 Å². The Hall–Kier alpha value is -1.93. The minimum Gasteiger partial charge on any atom is -0.381 e. The van der Waals surface area contributed by atoms with E-state index in [1.165, 1.54) is 0 Å². The highest BCUT2D eigenvalue weighted by molar-refractivity contribution is 5.95. The Labute approximate surface area is 135 Å². The van der Waals surface area contributed by atoms with Crippen LogP contribution in [-0.2, 0) is 14.3 Å². The second-order valence-electron chi connectivity index (χ2n) is 5.95. The summed E-state index contributed by atoms with van der Waals surface area (Å²) in [7, 11) is 3.81. The fourth-order valence-corrected chi connectivity index (χ4v) is 2.68. The van der Waals surface area contributed by atoms with Crippen LogP contribution in [0.25, 0.3) is 0 Å². The van der Waals surface area contributed by atoms with E-state index in [0.29, 0.717) is 43.9 Å². The average Bonchev–Trinajstić information content (AvgIpc) is 3.10. The van der Waals surface area contributed by atoms with Gasteiger partial charge in [-0.3, -0.25) is 4.79 Å². The van der Waals surface area contributed by atoms with E-state index in [0.717, 1.165) is 19.5 Å². The molecule has 2 aliphatic heterocycles. The van der Waals surface area contributed by atoms with Crippen molar-refractivity contribution in [2.75, 3.05) is 68.7 Å². The maximum absolute atomic E-state index is 12.3. The number of carbonyl (C=O) groups is 1. The molecule has 8 nitrogen and oxygen atoms in total. The van der Waals surface area contributed by atoms with Crippen LogP contribution in [0.2, 0.25) is 0 Å². The molecule has 23 heavy (non-hydrogen) atoms. The van der Waals surface area contributed by atoms with Gasteiger partial charge in [0, 0.05) is 33.8 Å². The third-order valence-electron chi connectivity index (χ3n) is 4.03. The van der Waals surface area contributed by atoms with Gasteiger partial charge < -0.3 is 24.6 Å². The molecule has 8 heteroatoms. The van der Waals surface area contributed by atoms with Crippen LogP contribution in [0.15, 0.2) is 6.20 Å². The number of carbonyl (C=O) groups excluding carboxylic acids is 1. The fraction of sp³-hybridized carbons (Fsp3) is 0.667. The molecular formula is C15H23N5O3. The molecule has 2 saturated heterocycles. The van der Waals surface area contributed by atoms with Crippen molar-refractivity contribution in [2.45, 2.75) is 6.42 Å². The number of aromatic nitrogens is 2. The average molecular weight is 321 g/mol. The van der Waals surface area contributed by atoms with Crippen LogP contribution < -0.4 is 15.1 Å². The van der Waals surface area contributed by atoms with Crippen LogP contribution in [0.3, 0.4) is 0 Å². The normalized spacial score (nSPS) is 21.3. The quantitative estimate of drug-likeness (QED) is 0.857. The SMILES string of the molecule is CN(C)c1nc(N2CCOCC2)ncc1NC(=O)C1CCOC1. The first-order valence-electron chi connectivity index (χ1n) is 7.91. The van der Waals surface area contributed by atoms with Gasteiger partial charge in [0.25, 0.3) is 0 Å². The maximum atomic E-state index is 12.3. The zero-order chi connectivity index (χ0) is 16.2. The van der Waals surface area contributed by atoms with Crippen LogP contribution in [0.1, 0.15) is 6.42 Å². The van der Waals surface area contributed by atoms with E-state index in [1.54, 1.807) is 6.20 Å². The van der Waals surface area contributed by atoms with Gasteiger partial charge in [0.05, 0.1) is 31.9 Å². The van der Waals surface area contributed by atoms with Crippen molar-refractivity contribution in [3.8, 4) is 0 Å². The summed E-state index contributed by atoms with van der Waals surface area (Å²) >= 11 is 0. The van der Waals surface area contributed by atoms with E-state index in [-0.39, 0.29) is 11.8 Å². The van der Waals surface area contributed by atoms with Crippen LogP contribution >= 0.6 is 0 Å². The summed E-state index contributed by atoms with van der Waals surface area (Å²) in [5.74, 6) is 1.24. The number of hydrogen-bond acceptors (Lipinski definition) is 7. The van der Waals surface area contributed by atoms with Crippen molar-refractivity contribution >= 4 is 23.4 Å². The lowest BCUT2D eigenvalue weighted by Crippen LogP contribution is -2.37. The van der Waals surface area contributed by atoms with E-state index in [2.05, 4.69) is 20.2 Å². The van der Waals surface area contributed by atoms with Crippen molar-refractivity contribution in [3.63, 3.8) is 0 Å². The third-order valence-corrected chi connectivity index (χ3v) is 4.03. The van der Waals surface area contributed by atoms with Crippen LogP contribution in [0.5, 0.6) is 0 Å². The lowest BCUT2D eigenvalue weighted by molar-refractivity contribution is -0.119. The Bertz CT molecular complexity index is 554. The molecule has 1 atom stereocenters. The highest BCUT2D eigenvalue weighted by Crippen LogP contribution is 2.25. The van der Waals surface area contributed by atoms with Crippen LogP contribution in [0, 0.1) is 5.92 Å². The summed E-state index contributed by atoms with van der Waals surface area (Å²) in [6, 6.07) is 0. The molecule has 126 valence electrons. The molecule has 0 saturated carbocycles.